The number of carbonyl (C=O) groups excluding carboxylic acids is 1. The number of benzene rings is 1. The molecule has 0 bridgehead atoms. The zero-order valence-electron chi connectivity index (χ0n) is 14.5. The van der Waals surface area contributed by atoms with Gasteiger partial charge < -0.3 is 10.2 Å². The lowest BCUT2D eigenvalue weighted by atomic mass is 10.0. The average Bonchev–Trinajstić information content (AvgIpc) is 2.52. The van der Waals surface area contributed by atoms with E-state index in [1.165, 1.54) is 12.3 Å². The van der Waals surface area contributed by atoms with Crippen LogP contribution in [0, 0.1) is 6.92 Å². The monoisotopic (exact) mass is 374 g/mol. The third-order valence-electron chi connectivity index (χ3n) is 4.34. The fraction of sp³-hybridized carbons (Fsp3) is 0.588. The van der Waals surface area contributed by atoms with Gasteiger partial charge in [-0.15, -0.1) is 12.4 Å². The highest BCUT2D eigenvalue weighted by molar-refractivity contribution is 7.90. The maximum Gasteiger partial charge on any atom is 0.254 e. The summed E-state index contributed by atoms with van der Waals surface area (Å²) in [6, 6.07) is 5.04. The van der Waals surface area contributed by atoms with Crippen LogP contribution in [0.15, 0.2) is 23.1 Å². The molecule has 0 unspecified atom stereocenters. The van der Waals surface area contributed by atoms with Gasteiger partial charge in [-0.2, -0.15) is 0 Å². The molecule has 5 nitrogen and oxygen atoms in total. The van der Waals surface area contributed by atoms with Crippen LogP contribution in [0.2, 0.25) is 0 Å². The van der Waals surface area contributed by atoms with Crippen LogP contribution < -0.4 is 5.32 Å². The fourth-order valence-corrected chi connectivity index (χ4v) is 3.67. The van der Waals surface area contributed by atoms with Crippen molar-refractivity contribution in [1.29, 1.82) is 0 Å². The molecule has 1 fully saturated rings. The number of rotatable bonds is 5. The molecule has 0 atom stereocenters. The first-order valence-electron chi connectivity index (χ1n) is 8.17. The third kappa shape index (κ3) is 4.94. The Bertz CT molecular complexity index is 670. The predicted molar refractivity (Wildman–Crippen MR) is 98.8 cm³/mol. The number of carbonyl (C=O) groups is 1. The molecular weight excluding hydrogens is 348 g/mol. The van der Waals surface area contributed by atoms with Crippen molar-refractivity contribution in [3.8, 4) is 0 Å². The van der Waals surface area contributed by atoms with E-state index in [-0.39, 0.29) is 29.3 Å². The Kier molecular flexibility index (Phi) is 7.70. The van der Waals surface area contributed by atoms with Crippen LogP contribution >= 0.6 is 12.4 Å². The van der Waals surface area contributed by atoms with Gasteiger partial charge in [0, 0.05) is 24.4 Å². The van der Waals surface area contributed by atoms with Gasteiger partial charge >= 0.3 is 0 Å². The van der Waals surface area contributed by atoms with E-state index in [1.807, 2.05) is 11.8 Å². The second kappa shape index (κ2) is 8.83. The number of amides is 1. The number of nitrogens with zero attached hydrogens (tertiary/aromatic N) is 1. The molecule has 0 aromatic heterocycles. The quantitative estimate of drug-likeness (QED) is 0.859. The van der Waals surface area contributed by atoms with Crippen molar-refractivity contribution < 1.29 is 13.2 Å². The van der Waals surface area contributed by atoms with Crippen molar-refractivity contribution >= 4 is 28.2 Å². The number of piperidine rings is 1. The average molecular weight is 375 g/mol. The minimum Gasteiger partial charge on any atom is -0.336 e. The highest BCUT2D eigenvalue weighted by atomic mass is 35.5. The Morgan fingerprint density at radius 2 is 1.92 bits per heavy atom. The van der Waals surface area contributed by atoms with E-state index in [0.717, 1.165) is 37.9 Å². The van der Waals surface area contributed by atoms with E-state index in [0.29, 0.717) is 12.1 Å². The zero-order valence-corrected chi connectivity index (χ0v) is 16.2. The van der Waals surface area contributed by atoms with Crippen molar-refractivity contribution in [3.63, 3.8) is 0 Å². The highest BCUT2D eigenvalue weighted by Crippen LogP contribution is 2.21. The first-order valence-corrected chi connectivity index (χ1v) is 10.1. The van der Waals surface area contributed by atoms with Gasteiger partial charge in [0.05, 0.1) is 4.90 Å². The van der Waals surface area contributed by atoms with Crippen LogP contribution in [0.5, 0.6) is 0 Å². The van der Waals surface area contributed by atoms with E-state index in [2.05, 4.69) is 12.2 Å². The van der Waals surface area contributed by atoms with Gasteiger partial charge in [0.2, 0.25) is 0 Å². The highest BCUT2D eigenvalue weighted by Gasteiger charge is 2.27. The van der Waals surface area contributed by atoms with E-state index in [9.17, 15) is 13.2 Å². The Morgan fingerprint density at radius 3 is 2.46 bits per heavy atom. The Labute approximate surface area is 151 Å². The third-order valence-corrected chi connectivity index (χ3v) is 5.45. The maximum absolute atomic E-state index is 13.0. The minimum atomic E-state index is -3.32. The second-order valence-electron chi connectivity index (χ2n) is 6.23. The van der Waals surface area contributed by atoms with E-state index in [1.54, 1.807) is 12.1 Å². The molecule has 1 saturated heterocycles. The summed E-state index contributed by atoms with van der Waals surface area (Å²) in [6.45, 7) is 6.44. The van der Waals surface area contributed by atoms with Gasteiger partial charge in [-0.05, 0) is 57.0 Å². The lowest BCUT2D eigenvalue weighted by Crippen LogP contribution is -2.46. The van der Waals surface area contributed by atoms with Crippen molar-refractivity contribution in [3.05, 3.63) is 29.3 Å². The summed E-state index contributed by atoms with van der Waals surface area (Å²) < 4.78 is 23.6. The number of hydrogen-bond acceptors (Lipinski definition) is 4. The number of sulfone groups is 1. The molecule has 2 rings (SSSR count). The molecule has 136 valence electrons. The molecular formula is C17H27ClN2O3S. The van der Waals surface area contributed by atoms with Crippen LogP contribution in [-0.4, -0.2) is 51.2 Å². The molecule has 1 N–H and O–H groups in total. The van der Waals surface area contributed by atoms with Gasteiger partial charge in [-0.3, -0.25) is 4.79 Å². The zero-order chi connectivity index (χ0) is 17.0. The van der Waals surface area contributed by atoms with Crippen LogP contribution in [0.3, 0.4) is 0 Å². The molecule has 1 amide bonds. The number of halogens is 1. The SMILES string of the molecule is CCCN(C(=O)c1cc(S(C)(=O)=O)ccc1C)C1CCNCC1.Cl. The first-order chi connectivity index (χ1) is 10.8. The van der Waals surface area contributed by atoms with Crippen LogP contribution in [0.1, 0.15) is 42.1 Å². The summed E-state index contributed by atoms with van der Waals surface area (Å²) in [4.78, 5) is 15.2. The predicted octanol–water partition coefficient (Wildman–Crippen LogP) is 2.42. The van der Waals surface area contributed by atoms with E-state index in [4.69, 9.17) is 0 Å². The van der Waals surface area contributed by atoms with Crippen molar-refractivity contribution in [2.24, 2.45) is 0 Å². The van der Waals surface area contributed by atoms with Crippen molar-refractivity contribution in [2.75, 3.05) is 25.9 Å². The van der Waals surface area contributed by atoms with Crippen LogP contribution in [0.25, 0.3) is 0 Å². The molecule has 1 heterocycles. The fourth-order valence-electron chi connectivity index (χ4n) is 3.03. The molecule has 24 heavy (non-hydrogen) atoms. The standard InChI is InChI=1S/C17H26N2O3S.ClH/c1-4-11-19(14-7-9-18-10-8-14)17(20)16-12-15(23(3,21)22)6-5-13(16)2;/h5-6,12,14,18H,4,7-11H2,1-3H3;1H. The van der Waals surface area contributed by atoms with Gasteiger partial charge in [-0.25, -0.2) is 8.42 Å². The number of hydrogen-bond donors (Lipinski definition) is 1. The van der Waals surface area contributed by atoms with E-state index < -0.39 is 9.84 Å². The number of aryl methyl sites for hydroxylation is 1. The smallest absolute Gasteiger partial charge is 0.254 e. The van der Waals surface area contributed by atoms with Gasteiger partial charge in [0.15, 0.2) is 9.84 Å². The molecule has 7 heteroatoms. The summed E-state index contributed by atoms with van der Waals surface area (Å²) in [6.07, 6.45) is 3.94. The second-order valence-corrected chi connectivity index (χ2v) is 8.24. The molecule has 0 radical (unpaired) electrons. The molecule has 1 aliphatic rings. The molecule has 0 spiro atoms. The summed E-state index contributed by atoms with van der Waals surface area (Å²) in [5.74, 6) is -0.0539. The molecule has 1 aromatic rings. The minimum absolute atomic E-state index is 0. The lowest BCUT2D eigenvalue weighted by Gasteiger charge is -2.35. The van der Waals surface area contributed by atoms with Crippen molar-refractivity contribution in [2.45, 2.75) is 44.0 Å². The first kappa shape index (κ1) is 20.9. The molecule has 1 aliphatic heterocycles. The molecule has 0 saturated carbocycles. The summed E-state index contributed by atoms with van der Waals surface area (Å²) in [5.41, 5.74) is 1.32. The summed E-state index contributed by atoms with van der Waals surface area (Å²) in [7, 11) is -3.32. The lowest BCUT2D eigenvalue weighted by molar-refractivity contribution is 0.0641. The van der Waals surface area contributed by atoms with Crippen molar-refractivity contribution in [1.82, 2.24) is 10.2 Å². The summed E-state index contributed by atoms with van der Waals surface area (Å²) >= 11 is 0. The Hall–Kier alpha value is -1.11. The van der Waals surface area contributed by atoms with Gasteiger partial charge in [-0.1, -0.05) is 13.0 Å². The van der Waals surface area contributed by atoms with Crippen LogP contribution in [0.4, 0.5) is 0 Å². The van der Waals surface area contributed by atoms with Gasteiger partial charge in [0.1, 0.15) is 0 Å². The molecule has 0 aliphatic carbocycles. The van der Waals surface area contributed by atoms with Crippen LogP contribution in [-0.2, 0) is 9.84 Å². The maximum atomic E-state index is 13.0. The Balaban J connectivity index is 0.00000288. The number of nitrogens with one attached hydrogen (secondary N) is 1. The van der Waals surface area contributed by atoms with E-state index >= 15 is 0 Å². The normalized spacial score (nSPS) is 15.6. The summed E-state index contributed by atoms with van der Waals surface area (Å²) in [5, 5.41) is 3.31. The van der Waals surface area contributed by atoms with Gasteiger partial charge in [0.25, 0.3) is 5.91 Å². The Morgan fingerprint density at radius 1 is 1.29 bits per heavy atom. The topological polar surface area (TPSA) is 66.5 Å². The largest absolute Gasteiger partial charge is 0.336 e. The molecule has 1 aromatic carbocycles.